The Hall–Kier alpha value is -0.290. The van der Waals surface area contributed by atoms with Crippen molar-refractivity contribution in [1.82, 2.24) is 5.32 Å². The average Bonchev–Trinajstić information content (AvgIpc) is 2.45. The molecule has 0 saturated heterocycles. The highest BCUT2D eigenvalue weighted by molar-refractivity contribution is 7.55. The highest BCUT2D eigenvalue weighted by atomic mass is 35.5. The van der Waals surface area contributed by atoms with Crippen molar-refractivity contribution >= 4 is 48.3 Å². The quantitative estimate of drug-likeness (QED) is 0.527. The van der Waals surface area contributed by atoms with Crippen LogP contribution < -0.4 is 5.32 Å². The summed E-state index contributed by atoms with van der Waals surface area (Å²) >= 11 is 17.5. The lowest BCUT2D eigenvalue weighted by atomic mass is 10.2. The molecule has 1 amide bonds. The zero-order valence-electron chi connectivity index (χ0n) is 12.1. The molecule has 1 N–H and O–H groups in total. The first-order valence-electron chi connectivity index (χ1n) is 6.57. The van der Waals surface area contributed by atoms with E-state index in [0.29, 0.717) is 10.6 Å². The molecule has 0 bridgehead atoms. The maximum Gasteiger partial charge on any atom is 0.355 e. The molecule has 5 nitrogen and oxygen atoms in total. The largest absolute Gasteiger partial charge is 0.355 e. The van der Waals surface area contributed by atoms with Crippen LogP contribution in [0.25, 0.3) is 0 Å². The van der Waals surface area contributed by atoms with Crippen LogP contribution in [0.1, 0.15) is 24.2 Å². The van der Waals surface area contributed by atoms with Gasteiger partial charge in [-0.3, -0.25) is 9.36 Å². The van der Waals surface area contributed by atoms with Crippen molar-refractivity contribution < 1.29 is 18.4 Å². The summed E-state index contributed by atoms with van der Waals surface area (Å²) in [5.41, 5.74) is 0.322. The maximum absolute atomic E-state index is 12.7. The van der Waals surface area contributed by atoms with Crippen molar-refractivity contribution in [2.45, 2.75) is 24.5 Å². The van der Waals surface area contributed by atoms with Gasteiger partial charge in [0.1, 0.15) is 4.84 Å². The second-order valence-electron chi connectivity index (χ2n) is 4.14. The molecule has 1 atom stereocenters. The van der Waals surface area contributed by atoms with E-state index < -0.39 is 24.1 Å². The highest BCUT2D eigenvalue weighted by Crippen LogP contribution is 2.54. The van der Waals surface area contributed by atoms with Crippen LogP contribution in [-0.4, -0.2) is 29.7 Å². The van der Waals surface area contributed by atoms with Gasteiger partial charge in [-0.25, -0.2) is 0 Å². The lowest BCUT2D eigenvalue weighted by Crippen LogP contribution is -2.40. The van der Waals surface area contributed by atoms with Gasteiger partial charge in [-0.05, 0) is 38.1 Å². The summed E-state index contributed by atoms with van der Waals surface area (Å²) in [5, 5.41) is 3.00. The third-order valence-electron chi connectivity index (χ3n) is 2.58. The first-order valence-corrected chi connectivity index (χ1v) is 9.43. The van der Waals surface area contributed by atoms with Gasteiger partial charge in [0.15, 0.2) is 5.78 Å². The number of amides is 1. The molecule has 0 spiro atoms. The number of carbonyl (C=O) groups excluding carboxylic acids is 1. The monoisotopic (exact) mass is 387 g/mol. The average molecular weight is 389 g/mol. The van der Waals surface area contributed by atoms with Crippen molar-refractivity contribution in [3.05, 3.63) is 34.9 Å². The number of hydrogen-bond acceptors (Lipinski definition) is 4. The number of nitrogens with one attached hydrogen (secondary N) is 1. The van der Waals surface area contributed by atoms with Gasteiger partial charge in [0, 0.05) is 10.6 Å². The zero-order valence-corrected chi connectivity index (χ0v) is 15.3. The molecule has 0 aromatic heterocycles. The molecular weight excluding hydrogens is 371 g/mol. The van der Waals surface area contributed by atoms with Crippen molar-refractivity contribution in [3.63, 3.8) is 0 Å². The Kier molecular flexibility index (Phi) is 8.19. The molecule has 0 saturated carbocycles. The summed E-state index contributed by atoms with van der Waals surface area (Å²) in [6.07, 6.45) is 0. The Balaban J connectivity index is 2.98. The van der Waals surface area contributed by atoms with Crippen molar-refractivity contribution in [1.29, 1.82) is 0 Å². The second kappa shape index (κ2) is 9.11. The standard InChI is InChI=1S/C13H17Cl3NO4P/c1-3-20-22(19,21-4-2)13(11(15)16)17-12(18)9-5-7-10(14)8-6-9/h5-8,11,13H,3-4H2,1-2H3,(H,17,18)/t13-/m0/s1. The summed E-state index contributed by atoms with van der Waals surface area (Å²) < 4.78 is 23.1. The predicted molar refractivity (Wildman–Crippen MR) is 89.1 cm³/mol. The van der Waals surface area contributed by atoms with Gasteiger partial charge < -0.3 is 14.4 Å². The molecule has 0 radical (unpaired) electrons. The van der Waals surface area contributed by atoms with Crippen LogP contribution in [0.5, 0.6) is 0 Å². The Morgan fingerprint density at radius 3 is 2.09 bits per heavy atom. The Labute approximate surface area is 144 Å². The van der Waals surface area contributed by atoms with Gasteiger partial charge >= 0.3 is 7.60 Å². The van der Waals surface area contributed by atoms with Crippen LogP contribution in [0.15, 0.2) is 24.3 Å². The van der Waals surface area contributed by atoms with Crippen LogP contribution >= 0.6 is 42.4 Å². The normalized spacial score (nSPS) is 13.2. The van der Waals surface area contributed by atoms with Crippen LogP contribution in [0.4, 0.5) is 0 Å². The summed E-state index contributed by atoms with van der Waals surface area (Å²) in [7, 11) is -3.69. The Bertz CT molecular complexity index is 529. The number of hydrogen-bond donors (Lipinski definition) is 1. The van der Waals surface area contributed by atoms with Crippen LogP contribution in [0, 0.1) is 0 Å². The molecule has 1 aromatic rings. The van der Waals surface area contributed by atoms with E-state index in [1.54, 1.807) is 26.0 Å². The minimum absolute atomic E-state index is 0.130. The van der Waals surface area contributed by atoms with Crippen LogP contribution in [0.2, 0.25) is 5.02 Å². The van der Waals surface area contributed by atoms with Crippen LogP contribution in [0.3, 0.4) is 0 Å². The van der Waals surface area contributed by atoms with E-state index in [1.165, 1.54) is 12.1 Å². The molecule has 0 fully saturated rings. The molecule has 124 valence electrons. The summed E-state index contributed by atoms with van der Waals surface area (Å²) in [4.78, 5) is 11.1. The SMILES string of the molecule is CCOP(=O)(OCC)[C@H](NC(=O)c1ccc(Cl)cc1)C(Cl)Cl. The van der Waals surface area contributed by atoms with E-state index >= 15 is 0 Å². The van der Waals surface area contributed by atoms with Gasteiger partial charge in [0.25, 0.3) is 5.91 Å². The lowest BCUT2D eigenvalue weighted by molar-refractivity contribution is 0.0939. The number of rotatable bonds is 8. The fraction of sp³-hybridized carbons (Fsp3) is 0.462. The third-order valence-corrected chi connectivity index (χ3v) is 6.03. The minimum atomic E-state index is -3.69. The van der Waals surface area contributed by atoms with E-state index in [0.717, 1.165) is 0 Å². The third kappa shape index (κ3) is 5.41. The minimum Gasteiger partial charge on any atom is -0.336 e. The maximum atomic E-state index is 12.7. The number of alkyl halides is 2. The summed E-state index contributed by atoms with van der Waals surface area (Å²) in [6, 6.07) is 6.18. The smallest absolute Gasteiger partial charge is 0.336 e. The van der Waals surface area contributed by atoms with E-state index in [1.807, 2.05) is 0 Å². The van der Waals surface area contributed by atoms with Crippen molar-refractivity contribution in [2.75, 3.05) is 13.2 Å². The number of halogens is 3. The van der Waals surface area contributed by atoms with Crippen molar-refractivity contribution in [2.24, 2.45) is 0 Å². The Morgan fingerprint density at radius 2 is 1.68 bits per heavy atom. The van der Waals surface area contributed by atoms with Crippen molar-refractivity contribution in [3.8, 4) is 0 Å². The molecule has 1 rings (SSSR count). The molecule has 0 aliphatic carbocycles. The first-order chi connectivity index (χ1) is 10.3. The summed E-state index contributed by atoms with van der Waals surface area (Å²) in [5.74, 6) is -1.69. The molecule has 0 heterocycles. The zero-order chi connectivity index (χ0) is 16.8. The second-order valence-corrected chi connectivity index (χ2v) is 7.89. The number of benzene rings is 1. The predicted octanol–water partition coefficient (Wildman–Crippen LogP) is 4.47. The lowest BCUT2D eigenvalue weighted by Gasteiger charge is -2.27. The van der Waals surface area contributed by atoms with Crippen LogP contribution in [-0.2, 0) is 13.6 Å². The molecule has 0 aliphatic rings. The molecule has 0 aliphatic heterocycles. The molecular formula is C13H17Cl3NO4P. The van der Waals surface area contributed by atoms with E-state index in [4.69, 9.17) is 43.9 Å². The molecule has 22 heavy (non-hydrogen) atoms. The fourth-order valence-corrected chi connectivity index (χ4v) is 4.40. The summed E-state index contributed by atoms with van der Waals surface area (Å²) in [6.45, 7) is 3.57. The van der Waals surface area contributed by atoms with E-state index in [9.17, 15) is 9.36 Å². The van der Waals surface area contributed by atoms with E-state index in [-0.39, 0.29) is 13.2 Å². The Morgan fingerprint density at radius 1 is 1.18 bits per heavy atom. The van der Waals surface area contributed by atoms with E-state index in [2.05, 4.69) is 5.32 Å². The van der Waals surface area contributed by atoms with Gasteiger partial charge in [0.2, 0.25) is 0 Å². The topological polar surface area (TPSA) is 64.6 Å². The first kappa shape index (κ1) is 19.8. The van der Waals surface area contributed by atoms with Gasteiger partial charge in [-0.1, -0.05) is 11.6 Å². The number of carbonyl (C=O) groups is 1. The molecule has 0 unspecified atom stereocenters. The van der Waals surface area contributed by atoms with Gasteiger partial charge in [-0.15, -0.1) is 23.2 Å². The van der Waals surface area contributed by atoms with Gasteiger partial charge in [-0.2, -0.15) is 0 Å². The highest BCUT2D eigenvalue weighted by Gasteiger charge is 2.41. The van der Waals surface area contributed by atoms with Gasteiger partial charge in [0.05, 0.1) is 13.2 Å². The fourth-order valence-electron chi connectivity index (χ4n) is 1.66. The molecule has 9 heteroatoms. The molecule has 1 aromatic carbocycles.